The van der Waals surface area contributed by atoms with Crippen molar-refractivity contribution >= 4 is 40.3 Å². The largest absolute Gasteiger partial charge is 0.489 e. The molecule has 0 saturated heterocycles. The van der Waals surface area contributed by atoms with Gasteiger partial charge in [0, 0.05) is 10.6 Å². The summed E-state index contributed by atoms with van der Waals surface area (Å²) in [7, 11) is 0. The Morgan fingerprint density at radius 2 is 1.69 bits per heavy atom. The van der Waals surface area contributed by atoms with Gasteiger partial charge in [-0.15, -0.1) is 0 Å². The van der Waals surface area contributed by atoms with Gasteiger partial charge in [0.05, 0.1) is 0 Å². The minimum absolute atomic E-state index is 0.237. The zero-order chi connectivity index (χ0) is 21.9. The van der Waals surface area contributed by atoms with Crippen molar-refractivity contribution in [1.82, 2.24) is 0 Å². The van der Waals surface area contributed by atoms with E-state index in [2.05, 4.69) is 29.3 Å². The Labute approximate surface area is 190 Å². The Balaban J connectivity index is 1.35. The van der Waals surface area contributed by atoms with Crippen LogP contribution in [0.1, 0.15) is 16.7 Å². The van der Waals surface area contributed by atoms with Crippen LogP contribution >= 0.6 is 11.6 Å². The number of nitrogens with zero attached hydrogens (tertiary/aromatic N) is 1. The monoisotopic (exact) mass is 439 g/mol. The lowest BCUT2D eigenvalue weighted by atomic mass is 10.1. The minimum atomic E-state index is -0.489. The van der Waals surface area contributed by atoms with E-state index >= 15 is 0 Å². The number of fused-ring (bicyclic) bond motifs is 1. The van der Waals surface area contributed by atoms with E-state index in [1.54, 1.807) is 30.3 Å². The summed E-state index contributed by atoms with van der Waals surface area (Å²) >= 11 is 5.92. The molecule has 4 aromatic carbocycles. The maximum Gasteiger partial charge on any atom is 0.363 e. The zero-order valence-corrected chi connectivity index (χ0v) is 17.8. The fourth-order valence-electron chi connectivity index (χ4n) is 3.56. The summed E-state index contributed by atoms with van der Waals surface area (Å²) < 4.78 is 11.4. The van der Waals surface area contributed by atoms with E-state index in [1.165, 1.54) is 10.8 Å². The molecule has 0 amide bonds. The van der Waals surface area contributed by atoms with E-state index in [9.17, 15) is 4.79 Å². The Hall–Kier alpha value is -3.89. The van der Waals surface area contributed by atoms with Crippen molar-refractivity contribution in [2.75, 3.05) is 0 Å². The summed E-state index contributed by atoms with van der Waals surface area (Å²) in [6, 6.07) is 28.9. The number of carbonyl (C=O) groups is 1. The number of carbonyl (C=O) groups excluding carboxylic acids is 1. The molecule has 0 saturated carbocycles. The molecule has 156 valence electrons. The van der Waals surface area contributed by atoms with Gasteiger partial charge in [0.15, 0.2) is 5.70 Å². The number of hydrogen-bond acceptors (Lipinski definition) is 4. The third-order valence-corrected chi connectivity index (χ3v) is 5.40. The van der Waals surface area contributed by atoms with Gasteiger partial charge >= 0.3 is 5.97 Å². The van der Waals surface area contributed by atoms with Gasteiger partial charge < -0.3 is 9.47 Å². The van der Waals surface area contributed by atoms with Crippen LogP contribution in [-0.4, -0.2) is 11.9 Å². The van der Waals surface area contributed by atoms with E-state index < -0.39 is 5.97 Å². The second kappa shape index (κ2) is 8.69. The molecule has 4 aromatic rings. The van der Waals surface area contributed by atoms with Crippen LogP contribution in [0.15, 0.2) is 102 Å². The third-order valence-electron chi connectivity index (χ3n) is 5.15. The number of cyclic esters (lactones) is 1. The van der Waals surface area contributed by atoms with E-state index in [0.29, 0.717) is 22.9 Å². The molecule has 32 heavy (non-hydrogen) atoms. The molecule has 0 aliphatic carbocycles. The van der Waals surface area contributed by atoms with Crippen LogP contribution < -0.4 is 4.74 Å². The third kappa shape index (κ3) is 4.27. The number of halogens is 1. The number of benzene rings is 4. The van der Waals surface area contributed by atoms with Gasteiger partial charge in [0.25, 0.3) is 0 Å². The number of rotatable bonds is 5. The molecule has 1 heterocycles. The summed E-state index contributed by atoms with van der Waals surface area (Å²) in [5, 5.41) is 2.96. The number of esters is 1. The molecule has 0 fully saturated rings. The highest BCUT2D eigenvalue weighted by molar-refractivity contribution is 6.30. The lowest BCUT2D eigenvalue weighted by Crippen LogP contribution is -2.05. The van der Waals surface area contributed by atoms with Crippen molar-refractivity contribution in [3.8, 4) is 5.75 Å². The Morgan fingerprint density at radius 1 is 0.906 bits per heavy atom. The zero-order valence-electron chi connectivity index (χ0n) is 17.0. The quantitative estimate of drug-likeness (QED) is 0.266. The van der Waals surface area contributed by atoms with Crippen LogP contribution in [0.3, 0.4) is 0 Å². The van der Waals surface area contributed by atoms with Crippen molar-refractivity contribution in [1.29, 1.82) is 0 Å². The van der Waals surface area contributed by atoms with Gasteiger partial charge in [0.1, 0.15) is 12.4 Å². The van der Waals surface area contributed by atoms with Crippen LogP contribution in [-0.2, 0) is 16.1 Å². The summed E-state index contributed by atoms with van der Waals surface area (Å²) in [6.45, 7) is 0.447. The molecule has 0 N–H and O–H groups in total. The standard InChI is InChI=1S/C27H18ClNO3/c28-22-13-11-20(12-14-22)26-29-25(27(30)32-26)16-18-5-3-9-23(15-18)31-17-21-8-4-7-19-6-1-2-10-24(19)21/h1-16H,17H2. The lowest BCUT2D eigenvalue weighted by Gasteiger charge is -2.09. The molecule has 0 aromatic heterocycles. The highest BCUT2D eigenvalue weighted by Crippen LogP contribution is 2.24. The first-order chi connectivity index (χ1) is 15.7. The first-order valence-corrected chi connectivity index (χ1v) is 10.5. The van der Waals surface area contributed by atoms with E-state index in [4.69, 9.17) is 21.1 Å². The average Bonchev–Trinajstić information content (AvgIpc) is 3.18. The molecule has 5 heteroatoms. The summed E-state index contributed by atoms with van der Waals surface area (Å²) in [5.74, 6) is 0.485. The molecule has 1 aliphatic heterocycles. The normalized spacial score (nSPS) is 14.5. The number of ether oxygens (including phenoxy) is 2. The predicted molar refractivity (Wildman–Crippen MR) is 127 cm³/mol. The fourth-order valence-corrected chi connectivity index (χ4v) is 3.68. The molecule has 0 atom stereocenters. The Morgan fingerprint density at radius 3 is 2.56 bits per heavy atom. The van der Waals surface area contributed by atoms with Gasteiger partial charge in [-0.3, -0.25) is 0 Å². The topological polar surface area (TPSA) is 47.9 Å². The fraction of sp³-hybridized carbons (Fsp3) is 0.0370. The SMILES string of the molecule is O=C1OC(c2ccc(Cl)cc2)=NC1=Cc1cccc(OCc2cccc3ccccc23)c1. The lowest BCUT2D eigenvalue weighted by molar-refractivity contribution is -0.129. The van der Waals surface area contributed by atoms with Gasteiger partial charge in [-0.2, -0.15) is 0 Å². The summed E-state index contributed by atoms with van der Waals surface area (Å²) in [4.78, 5) is 16.6. The molecule has 4 nitrogen and oxygen atoms in total. The number of hydrogen-bond donors (Lipinski definition) is 0. The molecular weight excluding hydrogens is 422 g/mol. The van der Waals surface area contributed by atoms with E-state index in [-0.39, 0.29) is 11.6 Å². The van der Waals surface area contributed by atoms with Crippen molar-refractivity contribution < 1.29 is 14.3 Å². The van der Waals surface area contributed by atoms with Crippen LogP contribution in [0.2, 0.25) is 5.02 Å². The van der Waals surface area contributed by atoms with Crippen LogP contribution in [0.25, 0.3) is 16.8 Å². The van der Waals surface area contributed by atoms with Crippen molar-refractivity contribution in [2.24, 2.45) is 4.99 Å². The van der Waals surface area contributed by atoms with Crippen molar-refractivity contribution in [2.45, 2.75) is 6.61 Å². The summed E-state index contributed by atoms with van der Waals surface area (Å²) in [6.07, 6.45) is 1.69. The van der Waals surface area contributed by atoms with Gasteiger partial charge in [-0.25, -0.2) is 9.79 Å². The molecule has 0 bridgehead atoms. The maximum absolute atomic E-state index is 12.3. The molecule has 0 radical (unpaired) electrons. The van der Waals surface area contributed by atoms with Crippen LogP contribution in [0.4, 0.5) is 0 Å². The smallest absolute Gasteiger partial charge is 0.363 e. The molecule has 1 aliphatic rings. The van der Waals surface area contributed by atoms with Gasteiger partial charge in [-0.1, -0.05) is 66.2 Å². The molecule has 0 unspecified atom stereocenters. The van der Waals surface area contributed by atoms with Crippen molar-refractivity contribution in [3.05, 3.63) is 118 Å². The molecule has 0 spiro atoms. The molecule has 5 rings (SSSR count). The van der Waals surface area contributed by atoms with E-state index in [1.807, 2.05) is 42.5 Å². The Bertz CT molecular complexity index is 1370. The first kappa shape index (κ1) is 20.0. The Kier molecular flexibility index (Phi) is 5.44. The van der Waals surface area contributed by atoms with Gasteiger partial charge in [-0.05, 0) is 64.4 Å². The molecular formula is C27H18ClNO3. The van der Waals surface area contributed by atoms with E-state index in [0.717, 1.165) is 11.1 Å². The minimum Gasteiger partial charge on any atom is -0.489 e. The second-order valence-corrected chi connectivity index (χ2v) is 7.78. The number of aliphatic imine (C=N–C) groups is 1. The van der Waals surface area contributed by atoms with Crippen molar-refractivity contribution in [3.63, 3.8) is 0 Å². The average molecular weight is 440 g/mol. The highest BCUT2D eigenvalue weighted by Gasteiger charge is 2.24. The maximum atomic E-state index is 12.3. The predicted octanol–water partition coefficient (Wildman–Crippen LogP) is 6.42. The first-order valence-electron chi connectivity index (χ1n) is 10.1. The van der Waals surface area contributed by atoms with Crippen LogP contribution in [0.5, 0.6) is 5.75 Å². The van der Waals surface area contributed by atoms with Crippen LogP contribution in [0, 0.1) is 0 Å². The van der Waals surface area contributed by atoms with Gasteiger partial charge in [0.2, 0.25) is 5.90 Å². The second-order valence-electron chi connectivity index (χ2n) is 7.34. The highest BCUT2D eigenvalue weighted by atomic mass is 35.5. The summed E-state index contributed by atoms with van der Waals surface area (Å²) in [5.41, 5.74) is 2.84.